The van der Waals surface area contributed by atoms with Crippen molar-refractivity contribution in [2.24, 2.45) is 0 Å². The lowest BCUT2D eigenvalue weighted by atomic mass is 9.95. The van der Waals surface area contributed by atoms with E-state index in [9.17, 15) is 0 Å². The third-order valence-electron chi connectivity index (χ3n) is 4.10. The third-order valence-corrected chi connectivity index (χ3v) is 5.25. The molecule has 0 N–H and O–H groups in total. The maximum Gasteiger partial charge on any atom is 0.0945 e. The molecule has 0 spiro atoms. The van der Waals surface area contributed by atoms with Crippen LogP contribution >= 0.6 is 31.9 Å². The Morgan fingerprint density at radius 1 is 1.09 bits per heavy atom. The molecule has 0 amide bonds. The number of hydrogen-bond donors (Lipinski definition) is 0. The second-order valence-electron chi connectivity index (χ2n) is 5.74. The van der Waals surface area contributed by atoms with E-state index in [0.29, 0.717) is 5.92 Å². The maximum atomic E-state index is 4.09. The Kier molecular flexibility index (Phi) is 5.34. The smallest absolute Gasteiger partial charge is 0.0945 e. The summed E-state index contributed by atoms with van der Waals surface area (Å²) in [5.74, 6) is 0.528. The predicted molar refractivity (Wildman–Crippen MR) is 103 cm³/mol. The Labute approximate surface area is 153 Å². The van der Waals surface area contributed by atoms with E-state index in [-0.39, 0.29) is 0 Å². The molecule has 4 heteroatoms. The highest BCUT2D eigenvalue weighted by Crippen LogP contribution is 2.32. The average molecular weight is 434 g/mol. The number of rotatable bonds is 5. The van der Waals surface area contributed by atoms with E-state index in [1.807, 2.05) is 18.7 Å². The van der Waals surface area contributed by atoms with Gasteiger partial charge in [-0.05, 0) is 41.2 Å². The molecule has 1 unspecified atom stereocenters. The van der Waals surface area contributed by atoms with E-state index in [1.54, 1.807) is 0 Å². The molecule has 1 heterocycles. The minimum absolute atomic E-state index is 0.528. The van der Waals surface area contributed by atoms with E-state index in [1.165, 1.54) is 16.7 Å². The highest BCUT2D eigenvalue weighted by Gasteiger charge is 2.08. The fraction of sp³-hybridized carbons (Fsp3) is 0.211. The van der Waals surface area contributed by atoms with Gasteiger partial charge in [-0.3, -0.25) is 0 Å². The number of aryl methyl sites for hydroxylation is 1. The van der Waals surface area contributed by atoms with Crippen molar-refractivity contribution in [1.29, 1.82) is 0 Å². The molecular formula is C19H18Br2N2. The Morgan fingerprint density at radius 3 is 2.52 bits per heavy atom. The van der Waals surface area contributed by atoms with E-state index in [4.69, 9.17) is 0 Å². The third kappa shape index (κ3) is 4.12. The molecule has 1 atom stereocenters. The Bertz CT molecular complexity index is 765. The van der Waals surface area contributed by atoms with Gasteiger partial charge in [-0.25, -0.2) is 4.98 Å². The van der Waals surface area contributed by atoms with Crippen molar-refractivity contribution in [3.05, 3.63) is 75.7 Å². The van der Waals surface area contributed by atoms with Crippen molar-refractivity contribution in [3.63, 3.8) is 0 Å². The van der Waals surface area contributed by atoms with Crippen LogP contribution in [-0.2, 0) is 6.54 Å². The number of aromatic nitrogens is 2. The first-order valence-corrected chi connectivity index (χ1v) is 9.23. The fourth-order valence-electron chi connectivity index (χ4n) is 2.64. The highest BCUT2D eigenvalue weighted by atomic mass is 79.9. The summed E-state index contributed by atoms with van der Waals surface area (Å²) in [6, 6.07) is 15.2. The standard InChI is InChI=1S/C19H18Br2N2/c1-14(8-10-23-11-9-22-13-23)15-2-4-16(5-3-15)18-7-6-17(20)12-19(18)21/h2-7,9,11-14H,8,10H2,1H3. The number of hydrogen-bond acceptors (Lipinski definition) is 1. The molecule has 2 nitrogen and oxygen atoms in total. The molecule has 0 aliphatic rings. The normalized spacial score (nSPS) is 12.3. The Balaban J connectivity index is 1.71. The first-order valence-electron chi connectivity index (χ1n) is 7.64. The van der Waals surface area contributed by atoms with Gasteiger partial charge in [-0.2, -0.15) is 0 Å². The fourth-order valence-corrected chi connectivity index (χ4v) is 3.92. The lowest BCUT2D eigenvalue weighted by Crippen LogP contribution is -2.01. The van der Waals surface area contributed by atoms with Gasteiger partial charge < -0.3 is 4.57 Å². The molecule has 118 valence electrons. The van der Waals surface area contributed by atoms with Crippen LogP contribution < -0.4 is 0 Å². The summed E-state index contributed by atoms with van der Waals surface area (Å²) >= 11 is 7.14. The quantitative estimate of drug-likeness (QED) is 0.463. The number of benzene rings is 2. The van der Waals surface area contributed by atoms with Crippen LogP contribution in [0.25, 0.3) is 11.1 Å². The number of imidazole rings is 1. The Hall–Kier alpha value is -1.39. The van der Waals surface area contributed by atoms with Gasteiger partial charge in [0.15, 0.2) is 0 Å². The summed E-state index contributed by atoms with van der Waals surface area (Å²) in [6.45, 7) is 3.28. The largest absolute Gasteiger partial charge is 0.337 e. The van der Waals surface area contributed by atoms with Gasteiger partial charge >= 0.3 is 0 Å². The summed E-state index contributed by atoms with van der Waals surface area (Å²) < 4.78 is 4.31. The summed E-state index contributed by atoms with van der Waals surface area (Å²) in [5.41, 5.74) is 3.82. The Morgan fingerprint density at radius 2 is 1.87 bits per heavy atom. The minimum atomic E-state index is 0.528. The second-order valence-corrected chi connectivity index (χ2v) is 7.51. The van der Waals surface area contributed by atoms with E-state index >= 15 is 0 Å². The maximum absolute atomic E-state index is 4.09. The van der Waals surface area contributed by atoms with E-state index in [0.717, 1.165) is 21.9 Å². The summed E-state index contributed by atoms with van der Waals surface area (Å²) in [7, 11) is 0. The molecule has 3 rings (SSSR count). The lowest BCUT2D eigenvalue weighted by Gasteiger charge is -2.13. The van der Waals surface area contributed by atoms with Gasteiger partial charge in [0.05, 0.1) is 6.33 Å². The lowest BCUT2D eigenvalue weighted by molar-refractivity contribution is 0.576. The molecule has 2 aromatic carbocycles. The monoisotopic (exact) mass is 432 g/mol. The van der Waals surface area contributed by atoms with Crippen LogP contribution in [0.2, 0.25) is 0 Å². The number of nitrogens with zero attached hydrogens (tertiary/aromatic N) is 2. The molecular weight excluding hydrogens is 416 g/mol. The van der Waals surface area contributed by atoms with Crippen LogP contribution in [0.3, 0.4) is 0 Å². The van der Waals surface area contributed by atoms with Crippen LogP contribution in [0.5, 0.6) is 0 Å². The molecule has 0 aliphatic carbocycles. The predicted octanol–water partition coefficient (Wildman–Crippen LogP) is 6.27. The molecule has 0 saturated heterocycles. The topological polar surface area (TPSA) is 17.8 Å². The van der Waals surface area contributed by atoms with Gasteiger partial charge in [0, 0.05) is 27.9 Å². The van der Waals surface area contributed by atoms with Crippen LogP contribution in [0.1, 0.15) is 24.8 Å². The summed E-state index contributed by atoms with van der Waals surface area (Å²) in [5, 5.41) is 0. The van der Waals surface area contributed by atoms with Gasteiger partial charge in [0.2, 0.25) is 0 Å². The van der Waals surface area contributed by atoms with Gasteiger partial charge in [0.25, 0.3) is 0 Å². The average Bonchev–Trinajstić information content (AvgIpc) is 3.06. The zero-order valence-electron chi connectivity index (χ0n) is 12.9. The van der Waals surface area contributed by atoms with Gasteiger partial charge in [-0.15, -0.1) is 0 Å². The minimum Gasteiger partial charge on any atom is -0.337 e. The van der Waals surface area contributed by atoms with Crippen molar-refractivity contribution < 1.29 is 0 Å². The summed E-state index contributed by atoms with van der Waals surface area (Å²) in [6.07, 6.45) is 6.83. The molecule has 0 fully saturated rings. The molecule has 0 saturated carbocycles. The van der Waals surface area contributed by atoms with Gasteiger partial charge in [0.1, 0.15) is 0 Å². The zero-order valence-corrected chi connectivity index (χ0v) is 16.1. The van der Waals surface area contributed by atoms with Crippen LogP contribution in [-0.4, -0.2) is 9.55 Å². The van der Waals surface area contributed by atoms with Crippen molar-refractivity contribution >= 4 is 31.9 Å². The van der Waals surface area contributed by atoms with E-state index < -0.39 is 0 Å². The van der Waals surface area contributed by atoms with Crippen molar-refractivity contribution in [2.75, 3.05) is 0 Å². The van der Waals surface area contributed by atoms with Crippen LogP contribution in [0, 0.1) is 0 Å². The highest BCUT2D eigenvalue weighted by molar-refractivity contribution is 9.11. The van der Waals surface area contributed by atoms with Crippen molar-refractivity contribution in [2.45, 2.75) is 25.8 Å². The van der Waals surface area contributed by atoms with Crippen molar-refractivity contribution in [3.8, 4) is 11.1 Å². The molecule has 1 aromatic heterocycles. The summed E-state index contributed by atoms with van der Waals surface area (Å²) in [4.78, 5) is 4.09. The molecule has 3 aromatic rings. The van der Waals surface area contributed by atoms with Crippen LogP contribution in [0.15, 0.2) is 70.1 Å². The molecule has 0 radical (unpaired) electrons. The van der Waals surface area contributed by atoms with E-state index in [2.05, 4.69) is 90.8 Å². The first kappa shape index (κ1) is 16.5. The SMILES string of the molecule is CC(CCn1ccnc1)c1ccc(-c2ccc(Br)cc2Br)cc1. The van der Waals surface area contributed by atoms with Crippen LogP contribution in [0.4, 0.5) is 0 Å². The zero-order chi connectivity index (χ0) is 16.2. The molecule has 0 bridgehead atoms. The van der Waals surface area contributed by atoms with Crippen molar-refractivity contribution in [1.82, 2.24) is 9.55 Å². The first-order chi connectivity index (χ1) is 11.1. The number of halogens is 2. The van der Waals surface area contributed by atoms with Gasteiger partial charge in [-0.1, -0.05) is 69.1 Å². The molecule has 0 aliphatic heterocycles. The second kappa shape index (κ2) is 7.45. The molecule has 23 heavy (non-hydrogen) atoms.